The third-order valence-corrected chi connectivity index (χ3v) is 4.67. The monoisotopic (exact) mass is 311 g/mol. The summed E-state index contributed by atoms with van der Waals surface area (Å²) in [4.78, 5) is 3.98. The Balaban J connectivity index is 2.49. The van der Waals surface area contributed by atoms with E-state index < -0.39 is 10.0 Å². The molecule has 0 saturated carbocycles. The summed E-state index contributed by atoms with van der Waals surface area (Å²) >= 11 is 5.93. The lowest BCUT2D eigenvalue weighted by atomic mass is 10.1. The Labute approximate surface area is 122 Å². The first-order valence-corrected chi connectivity index (χ1v) is 7.66. The molecule has 2 rings (SSSR count). The summed E-state index contributed by atoms with van der Waals surface area (Å²) in [5.74, 6) is 0. The van der Waals surface area contributed by atoms with Gasteiger partial charge in [-0.1, -0.05) is 11.6 Å². The Morgan fingerprint density at radius 3 is 2.65 bits per heavy atom. The highest BCUT2D eigenvalue weighted by atomic mass is 35.5. The van der Waals surface area contributed by atoms with Crippen LogP contribution in [0.4, 0.5) is 11.4 Å². The second-order valence-corrected chi connectivity index (χ2v) is 6.50. The average molecular weight is 312 g/mol. The molecule has 5 nitrogen and oxygen atoms in total. The van der Waals surface area contributed by atoms with E-state index in [4.69, 9.17) is 17.3 Å². The average Bonchev–Trinajstić information content (AvgIpc) is 2.36. The molecule has 2 aromatic rings. The molecule has 1 aromatic heterocycles. The molecule has 0 atom stereocenters. The van der Waals surface area contributed by atoms with Crippen LogP contribution in [0.2, 0.25) is 5.02 Å². The van der Waals surface area contributed by atoms with E-state index in [9.17, 15) is 8.42 Å². The van der Waals surface area contributed by atoms with Gasteiger partial charge < -0.3 is 5.73 Å². The number of benzene rings is 1. The van der Waals surface area contributed by atoms with Crippen LogP contribution in [0.5, 0.6) is 0 Å². The van der Waals surface area contributed by atoms with E-state index in [-0.39, 0.29) is 15.6 Å². The highest BCUT2D eigenvalue weighted by Crippen LogP contribution is 2.27. The molecule has 0 aliphatic rings. The predicted molar refractivity (Wildman–Crippen MR) is 80.4 cm³/mol. The van der Waals surface area contributed by atoms with Crippen molar-refractivity contribution in [1.82, 2.24) is 4.98 Å². The van der Waals surface area contributed by atoms with Crippen molar-refractivity contribution in [2.45, 2.75) is 18.7 Å². The maximum atomic E-state index is 12.4. The second kappa shape index (κ2) is 5.30. The molecule has 0 saturated heterocycles. The van der Waals surface area contributed by atoms with E-state index >= 15 is 0 Å². The number of aryl methyl sites for hydroxylation is 1. The summed E-state index contributed by atoms with van der Waals surface area (Å²) in [7, 11) is -3.77. The third kappa shape index (κ3) is 2.86. The summed E-state index contributed by atoms with van der Waals surface area (Å²) in [6.45, 7) is 3.44. The SMILES string of the molecule is Cc1cc(N)c(C)c(S(=O)(=O)Nc2cnccc2Cl)c1. The molecule has 106 valence electrons. The zero-order chi connectivity index (χ0) is 14.9. The molecule has 7 heteroatoms. The minimum absolute atomic E-state index is 0.134. The zero-order valence-corrected chi connectivity index (χ0v) is 12.6. The highest BCUT2D eigenvalue weighted by molar-refractivity contribution is 7.92. The summed E-state index contributed by atoms with van der Waals surface area (Å²) in [6.07, 6.45) is 2.84. The van der Waals surface area contributed by atoms with Crippen LogP contribution in [0.1, 0.15) is 11.1 Å². The molecule has 0 radical (unpaired) electrons. The maximum Gasteiger partial charge on any atom is 0.262 e. The number of rotatable bonds is 3. The standard InChI is InChI=1S/C13H14ClN3O2S/c1-8-5-11(15)9(2)13(6-8)20(18,19)17-12-7-16-4-3-10(12)14/h3-7,17H,15H2,1-2H3. The van der Waals surface area contributed by atoms with Gasteiger partial charge in [-0.05, 0) is 43.2 Å². The summed E-state index contributed by atoms with van der Waals surface area (Å²) in [5.41, 5.74) is 7.75. The van der Waals surface area contributed by atoms with Crippen molar-refractivity contribution in [3.05, 3.63) is 46.7 Å². The summed E-state index contributed by atoms with van der Waals surface area (Å²) in [6, 6.07) is 4.81. The van der Waals surface area contributed by atoms with Gasteiger partial charge in [0.15, 0.2) is 0 Å². The van der Waals surface area contributed by atoms with Crippen molar-refractivity contribution < 1.29 is 8.42 Å². The van der Waals surface area contributed by atoms with Crippen molar-refractivity contribution in [2.75, 3.05) is 10.5 Å². The Bertz CT molecular complexity index is 760. The van der Waals surface area contributed by atoms with Gasteiger partial charge in [0.1, 0.15) is 0 Å². The number of nitrogen functional groups attached to an aromatic ring is 1. The first kappa shape index (κ1) is 14.6. The number of anilines is 2. The highest BCUT2D eigenvalue weighted by Gasteiger charge is 2.20. The first-order chi connectivity index (χ1) is 9.31. The lowest BCUT2D eigenvalue weighted by molar-refractivity contribution is 0.600. The molecule has 0 unspecified atom stereocenters. The van der Waals surface area contributed by atoms with Crippen LogP contribution in [0.25, 0.3) is 0 Å². The van der Waals surface area contributed by atoms with E-state index in [0.717, 1.165) is 5.56 Å². The molecule has 20 heavy (non-hydrogen) atoms. The quantitative estimate of drug-likeness (QED) is 0.853. The van der Waals surface area contributed by atoms with Gasteiger partial charge in [-0.15, -0.1) is 0 Å². The van der Waals surface area contributed by atoms with Crippen molar-refractivity contribution >= 4 is 33.0 Å². The van der Waals surface area contributed by atoms with E-state index in [2.05, 4.69) is 9.71 Å². The number of pyridine rings is 1. The van der Waals surface area contributed by atoms with Gasteiger partial charge in [0.25, 0.3) is 10.0 Å². The van der Waals surface area contributed by atoms with Gasteiger partial charge in [-0.3, -0.25) is 9.71 Å². The number of nitrogens with two attached hydrogens (primary N) is 1. The van der Waals surface area contributed by atoms with Crippen molar-refractivity contribution in [3.63, 3.8) is 0 Å². The van der Waals surface area contributed by atoms with Gasteiger partial charge in [0, 0.05) is 11.9 Å². The van der Waals surface area contributed by atoms with Crippen LogP contribution in [0.15, 0.2) is 35.5 Å². The Morgan fingerprint density at radius 2 is 2.00 bits per heavy atom. The molecule has 0 fully saturated rings. The van der Waals surface area contributed by atoms with Crippen molar-refractivity contribution in [2.24, 2.45) is 0 Å². The van der Waals surface area contributed by atoms with E-state index in [1.165, 1.54) is 18.5 Å². The van der Waals surface area contributed by atoms with Crippen LogP contribution in [-0.2, 0) is 10.0 Å². The number of nitrogens with zero attached hydrogens (tertiary/aromatic N) is 1. The fourth-order valence-electron chi connectivity index (χ4n) is 1.78. The molecule has 1 heterocycles. The zero-order valence-electron chi connectivity index (χ0n) is 11.0. The smallest absolute Gasteiger partial charge is 0.262 e. The minimum atomic E-state index is -3.77. The number of aromatic nitrogens is 1. The number of hydrogen-bond donors (Lipinski definition) is 2. The molecule has 1 aromatic carbocycles. The van der Waals surface area contributed by atoms with Crippen LogP contribution in [-0.4, -0.2) is 13.4 Å². The lowest BCUT2D eigenvalue weighted by Gasteiger charge is -2.13. The predicted octanol–water partition coefficient (Wildman–Crippen LogP) is 2.73. The molecule has 0 amide bonds. The van der Waals surface area contributed by atoms with E-state index in [1.54, 1.807) is 26.0 Å². The maximum absolute atomic E-state index is 12.4. The van der Waals surface area contributed by atoms with Crippen LogP contribution >= 0.6 is 11.6 Å². The van der Waals surface area contributed by atoms with E-state index in [0.29, 0.717) is 11.3 Å². The normalized spacial score (nSPS) is 11.3. The van der Waals surface area contributed by atoms with Crippen LogP contribution < -0.4 is 10.5 Å². The fourth-order valence-corrected chi connectivity index (χ4v) is 3.42. The number of sulfonamides is 1. The Kier molecular flexibility index (Phi) is 3.87. The molecule has 0 bridgehead atoms. The summed E-state index contributed by atoms with van der Waals surface area (Å²) < 4.78 is 27.3. The van der Waals surface area contributed by atoms with Gasteiger partial charge in [0.2, 0.25) is 0 Å². The van der Waals surface area contributed by atoms with Gasteiger partial charge in [0.05, 0.1) is 21.8 Å². The summed E-state index contributed by atoms with van der Waals surface area (Å²) in [5, 5.41) is 0.279. The molecule has 0 aliphatic heterocycles. The van der Waals surface area contributed by atoms with Crippen LogP contribution in [0, 0.1) is 13.8 Å². The lowest BCUT2D eigenvalue weighted by Crippen LogP contribution is -2.15. The van der Waals surface area contributed by atoms with Gasteiger partial charge in [-0.2, -0.15) is 0 Å². The third-order valence-electron chi connectivity index (χ3n) is 2.85. The number of halogens is 1. The number of hydrogen-bond acceptors (Lipinski definition) is 4. The largest absolute Gasteiger partial charge is 0.398 e. The van der Waals surface area contributed by atoms with Gasteiger partial charge in [-0.25, -0.2) is 8.42 Å². The molecular weight excluding hydrogens is 298 g/mol. The molecule has 0 aliphatic carbocycles. The van der Waals surface area contributed by atoms with Crippen LogP contribution in [0.3, 0.4) is 0 Å². The minimum Gasteiger partial charge on any atom is -0.398 e. The molecule has 3 N–H and O–H groups in total. The van der Waals surface area contributed by atoms with Gasteiger partial charge >= 0.3 is 0 Å². The Hall–Kier alpha value is -1.79. The Morgan fingerprint density at radius 1 is 1.30 bits per heavy atom. The molecule has 0 spiro atoms. The molecular formula is C13H14ClN3O2S. The second-order valence-electron chi connectivity index (χ2n) is 4.44. The first-order valence-electron chi connectivity index (χ1n) is 5.80. The topological polar surface area (TPSA) is 85.1 Å². The van der Waals surface area contributed by atoms with Crippen molar-refractivity contribution in [3.8, 4) is 0 Å². The van der Waals surface area contributed by atoms with E-state index in [1.807, 2.05) is 0 Å². The number of nitrogens with one attached hydrogen (secondary N) is 1. The fraction of sp³-hybridized carbons (Fsp3) is 0.154. The van der Waals surface area contributed by atoms with Crippen molar-refractivity contribution in [1.29, 1.82) is 0 Å².